The van der Waals surface area contributed by atoms with Crippen LogP contribution in [0.5, 0.6) is 0 Å². The van der Waals surface area contributed by atoms with Crippen molar-refractivity contribution >= 4 is 38.4 Å². The molecule has 1 aromatic heterocycles. The zero-order valence-electron chi connectivity index (χ0n) is 16.9. The molecule has 1 saturated heterocycles. The fourth-order valence-corrected chi connectivity index (χ4v) is 4.61. The minimum atomic E-state index is -3.77. The van der Waals surface area contributed by atoms with Crippen LogP contribution >= 0.6 is 0 Å². The molecule has 1 aliphatic heterocycles. The lowest BCUT2D eigenvalue weighted by Gasteiger charge is -2.11. The van der Waals surface area contributed by atoms with E-state index < -0.39 is 10.0 Å². The van der Waals surface area contributed by atoms with Crippen LogP contribution in [0.2, 0.25) is 0 Å². The lowest BCUT2D eigenvalue weighted by Crippen LogP contribution is -2.20. The van der Waals surface area contributed by atoms with Crippen molar-refractivity contribution in [3.05, 3.63) is 59.9 Å². The number of sulfonamides is 1. The van der Waals surface area contributed by atoms with E-state index in [4.69, 9.17) is 4.42 Å². The van der Waals surface area contributed by atoms with Crippen molar-refractivity contribution in [2.75, 3.05) is 18.9 Å². The Kier molecular flexibility index (Phi) is 5.34. The summed E-state index contributed by atoms with van der Waals surface area (Å²) < 4.78 is 34.5. The van der Waals surface area contributed by atoms with E-state index in [1.807, 2.05) is 37.1 Å². The topological polar surface area (TPSA) is 92.0 Å². The van der Waals surface area contributed by atoms with Crippen LogP contribution in [-0.4, -0.2) is 38.7 Å². The van der Waals surface area contributed by atoms with Gasteiger partial charge in [-0.3, -0.25) is 4.79 Å². The van der Waals surface area contributed by atoms with E-state index in [0.29, 0.717) is 17.9 Å². The Balaban J connectivity index is 1.44. The van der Waals surface area contributed by atoms with Gasteiger partial charge in [0.2, 0.25) is 5.91 Å². The Labute approximate surface area is 175 Å². The summed E-state index contributed by atoms with van der Waals surface area (Å²) >= 11 is 0. The van der Waals surface area contributed by atoms with Gasteiger partial charge < -0.3 is 14.6 Å². The minimum Gasteiger partial charge on any atom is -0.464 e. The summed E-state index contributed by atoms with van der Waals surface area (Å²) in [5.74, 6) is 0.372. The maximum atomic E-state index is 12.5. The molecule has 156 valence electrons. The molecule has 2 aromatic carbocycles. The van der Waals surface area contributed by atoms with Gasteiger partial charge in [0.15, 0.2) is 0 Å². The van der Waals surface area contributed by atoms with Crippen molar-refractivity contribution < 1.29 is 17.6 Å². The van der Waals surface area contributed by atoms with Crippen LogP contribution in [0.25, 0.3) is 11.0 Å². The zero-order valence-corrected chi connectivity index (χ0v) is 17.7. The maximum Gasteiger partial charge on any atom is 0.283 e. The summed E-state index contributed by atoms with van der Waals surface area (Å²) in [5, 5.41) is 3.71. The Morgan fingerprint density at radius 2 is 1.97 bits per heavy atom. The van der Waals surface area contributed by atoms with Crippen LogP contribution in [0.3, 0.4) is 0 Å². The molecule has 0 radical (unpaired) electrons. The Morgan fingerprint density at radius 1 is 1.20 bits per heavy atom. The molecule has 0 spiro atoms. The Bertz CT molecular complexity index is 1230. The fraction of sp³-hybridized carbons (Fsp3) is 0.273. The molecule has 30 heavy (non-hydrogen) atoms. The monoisotopic (exact) mass is 425 g/mol. The number of carbonyl (C=O) groups is 1. The first-order chi connectivity index (χ1) is 14.3. The number of likely N-dealkylation sites (tertiary alicyclic amines) is 1. The van der Waals surface area contributed by atoms with Crippen molar-refractivity contribution in [2.45, 2.75) is 31.1 Å². The van der Waals surface area contributed by atoms with Crippen molar-refractivity contribution in [3.8, 4) is 0 Å². The fourth-order valence-electron chi connectivity index (χ4n) is 3.52. The quantitative estimate of drug-likeness (QED) is 0.672. The molecule has 0 bridgehead atoms. The number of benzene rings is 2. The smallest absolute Gasteiger partial charge is 0.283 e. The molecule has 0 unspecified atom stereocenters. The van der Waals surface area contributed by atoms with E-state index in [2.05, 4.69) is 9.71 Å². The molecule has 8 heteroatoms. The number of nitrogens with zero attached hydrogens (tertiary/aromatic N) is 2. The Hall–Kier alpha value is -3.13. The number of hydrogen-bond acceptors (Lipinski definition) is 4. The second-order valence-corrected chi connectivity index (χ2v) is 9.12. The standard InChI is InChI=1S/C22H23N3O4S/c1-15-5-10-19-16(14-29-20(19)12-15)13-22(26)23-17-6-8-18(9-7-17)30(27,28)24-21-4-3-11-25(21)2/h5-10,12,14H,3-4,11,13H2,1-2H3,(H,23,26). The van der Waals surface area contributed by atoms with Gasteiger partial charge in [-0.05, 0) is 49.2 Å². The van der Waals surface area contributed by atoms with Gasteiger partial charge in [-0.15, -0.1) is 4.40 Å². The third kappa shape index (κ3) is 4.23. The summed E-state index contributed by atoms with van der Waals surface area (Å²) in [7, 11) is -1.93. The van der Waals surface area contributed by atoms with E-state index in [0.717, 1.165) is 35.1 Å². The molecular formula is C22H23N3O4S. The summed E-state index contributed by atoms with van der Waals surface area (Å²) in [4.78, 5) is 14.4. The van der Waals surface area contributed by atoms with E-state index in [-0.39, 0.29) is 17.2 Å². The summed E-state index contributed by atoms with van der Waals surface area (Å²) in [5.41, 5.74) is 3.17. The Morgan fingerprint density at radius 3 is 2.67 bits per heavy atom. The SMILES string of the molecule is Cc1ccc2c(CC(=O)Nc3ccc(S(=O)(=O)N=C4CCCN4C)cc3)coc2c1. The van der Waals surface area contributed by atoms with Crippen molar-refractivity contribution in [2.24, 2.45) is 4.40 Å². The summed E-state index contributed by atoms with van der Waals surface area (Å²) in [6, 6.07) is 11.9. The van der Waals surface area contributed by atoms with Gasteiger partial charge in [-0.2, -0.15) is 8.42 Å². The van der Waals surface area contributed by atoms with E-state index in [9.17, 15) is 13.2 Å². The number of aryl methyl sites for hydroxylation is 1. The van der Waals surface area contributed by atoms with Gasteiger partial charge in [-0.1, -0.05) is 12.1 Å². The molecular weight excluding hydrogens is 402 g/mol. The van der Waals surface area contributed by atoms with E-state index in [1.165, 1.54) is 12.1 Å². The van der Waals surface area contributed by atoms with Crippen LogP contribution in [0.15, 0.2) is 62.4 Å². The molecule has 0 aliphatic carbocycles. The third-order valence-electron chi connectivity index (χ3n) is 5.16. The second kappa shape index (κ2) is 7.95. The maximum absolute atomic E-state index is 12.5. The zero-order chi connectivity index (χ0) is 21.3. The van der Waals surface area contributed by atoms with Gasteiger partial charge in [0.1, 0.15) is 11.4 Å². The van der Waals surface area contributed by atoms with Gasteiger partial charge >= 0.3 is 0 Å². The van der Waals surface area contributed by atoms with Crippen LogP contribution in [0.1, 0.15) is 24.0 Å². The molecule has 1 aliphatic rings. The van der Waals surface area contributed by atoms with Crippen molar-refractivity contribution in [1.82, 2.24) is 4.90 Å². The predicted octanol–water partition coefficient (Wildman–Crippen LogP) is 3.74. The lowest BCUT2D eigenvalue weighted by atomic mass is 10.1. The average Bonchev–Trinajstić information content (AvgIpc) is 3.27. The van der Waals surface area contributed by atoms with Crippen LogP contribution in [0.4, 0.5) is 5.69 Å². The number of anilines is 1. The highest BCUT2D eigenvalue weighted by Crippen LogP contribution is 2.23. The first-order valence-corrected chi connectivity index (χ1v) is 11.2. The first-order valence-electron chi connectivity index (χ1n) is 9.73. The summed E-state index contributed by atoms with van der Waals surface area (Å²) in [6.07, 6.45) is 3.32. The summed E-state index contributed by atoms with van der Waals surface area (Å²) in [6.45, 7) is 2.79. The predicted molar refractivity (Wildman–Crippen MR) is 116 cm³/mol. The van der Waals surface area contributed by atoms with Crippen LogP contribution in [0, 0.1) is 6.92 Å². The lowest BCUT2D eigenvalue weighted by molar-refractivity contribution is -0.115. The minimum absolute atomic E-state index is 0.101. The van der Waals surface area contributed by atoms with Crippen LogP contribution in [-0.2, 0) is 21.2 Å². The number of rotatable bonds is 5. The molecule has 1 N–H and O–H groups in total. The van der Waals surface area contributed by atoms with Gasteiger partial charge in [0.25, 0.3) is 10.0 Å². The molecule has 7 nitrogen and oxygen atoms in total. The molecule has 4 rings (SSSR count). The highest BCUT2D eigenvalue weighted by Gasteiger charge is 2.20. The van der Waals surface area contributed by atoms with E-state index >= 15 is 0 Å². The number of carbonyl (C=O) groups excluding carboxylic acids is 1. The number of amidine groups is 1. The highest BCUT2D eigenvalue weighted by atomic mass is 32.2. The molecule has 0 atom stereocenters. The number of nitrogens with one attached hydrogen (secondary N) is 1. The molecule has 2 heterocycles. The number of furan rings is 1. The second-order valence-electron chi connectivity index (χ2n) is 7.52. The molecule has 1 amide bonds. The number of fused-ring (bicyclic) bond motifs is 1. The van der Waals surface area contributed by atoms with Gasteiger partial charge in [0.05, 0.1) is 17.6 Å². The molecule has 3 aromatic rings. The largest absolute Gasteiger partial charge is 0.464 e. The van der Waals surface area contributed by atoms with Crippen molar-refractivity contribution in [1.29, 1.82) is 0 Å². The molecule has 0 saturated carbocycles. The van der Waals surface area contributed by atoms with Gasteiger partial charge in [-0.25, -0.2) is 0 Å². The average molecular weight is 426 g/mol. The number of hydrogen-bond donors (Lipinski definition) is 1. The van der Waals surface area contributed by atoms with E-state index in [1.54, 1.807) is 18.4 Å². The molecule has 1 fully saturated rings. The highest BCUT2D eigenvalue weighted by molar-refractivity contribution is 7.90. The third-order valence-corrected chi connectivity index (χ3v) is 6.48. The number of amides is 1. The van der Waals surface area contributed by atoms with Crippen LogP contribution < -0.4 is 5.32 Å². The first kappa shape index (κ1) is 20.2. The van der Waals surface area contributed by atoms with Gasteiger partial charge in [0, 0.05) is 36.7 Å². The normalized spacial score (nSPS) is 15.8. The van der Waals surface area contributed by atoms with Crippen molar-refractivity contribution in [3.63, 3.8) is 0 Å².